The second-order valence-electron chi connectivity index (χ2n) is 7.57. The molecular weight excluding hydrogens is 370 g/mol. The molecule has 5 heteroatoms. The van der Waals surface area contributed by atoms with E-state index in [4.69, 9.17) is 11.6 Å². The minimum atomic E-state index is 0.0150. The number of para-hydroxylation sites is 2. The first kappa shape index (κ1) is 19.0. The highest BCUT2D eigenvalue weighted by Crippen LogP contribution is 2.25. The van der Waals surface area contributed by atoms with E-state index >= 15 is 0 Å². The van der Waals surface area contributed by atoms with Crippen molar-refractivity contribution in [1.82, 2.24) is 14.5 Å². The van der Waals surface area contributed by atoms with Crippen LogP contribution in [0.25, 0.3) is 16.6 Å². The predicted molar refractivity (Wildman–Crippen MR) is 117 cm³/mol. The molecule has 4 nitrogen and oxygen atoms in total. The highest BCUT2D eigenvalue weighted by Gasteiger charge is 2.23. The van der Waals surface area contributed by atoms with Gasteiger partial charge in [0.1, 0.15) is 0 Å². The highest BCUT2D eigenvalue weighted by molar-refractivity contribution is 6.30. The molecule has 0 saturated carbocycles. The number of hydrogen-bond acceptors (Lipinski definition) is 2. The molecule has 0 bridgehead atoms. The van der Waals surface area contributed by atoms with E-state index in [9.17, 15) is 4.79 Å². The minimum absolute atomic E-state index is 0.0150. The van der Waals surface area contributed by atoms with E-state index in [1.165, 1.54) is 11.1 Å². The number of allylic oxidation sites excluding steroid dienone is 1. The molecule has 0 spiro atoms. The number of halogens is 1. The molecule has 0 atom stereocenters. The van der Waals surface area contributed by atoms with Gasteiger partial charge in [0.2, 0.25) is 0 Å². The van der Waals surface area contributed by atoms with Gasteiger partial charge in [-0.25, -0.2) is 4.79 Å². The lowest BCUT2D eigenvalue weighted by atomic mass is 10.0. The molecule has 146 valence electrons. The van der Waals surface area contributed by atoms with Gasteiger partial charge in [-0.15, -0.1) is 0 Å². The monoisotopic (exact) mass is 395 g/mol. The maximum Gasteiger partial charge on any atom is 0.326 e. The molecule has 2 heterocycles. The minimum Gasteiger partial charge on any atom is -0.306 e. The Morgan fingerprint density at radius 2 is 1.86 bits per heavy atom. The summed E-state index contributed by atoms with van der Waals surface area (Å²) in [6.07, 6.45) is 5.37. The number of H-pyrrole nitrogens is 1. The Kier molecular flexibility index (Phi) is 5.69. The molecule has 1 fully saturated rings. The third-order valence-corrected chi connectivity index (χ3v) is 5.99. The van der Waals surface area contributed by atoms with Crippen LogP contribution in [0.15, 0.2) is 59.4 Å². The van der Waals surface area contributed by atoms with Crippen LogP contribution in [0.1, 0.15) is 37.8 Å². The van der Waals surface area contributed by atoms with Crippen LogP contribution in [0.3, 0.4) is 0 Å². The standard InChI is InChI=1S/C23H26ClN3O/c1-17(18-8-10-19(24)11-9-18)5-4-14-26-15-12-20(13-16-26)27-22-7-3-2-6-21(22)25-23(27)28/h2-3,5-11,20H,4,12-16H2,1H3,(H,25,28)/b17-5-. The molecule has 4 rings (SSSR count). The number of nitrogens with zero attached hydrogens (tertiary/aromatic N) is 2. The normalized spacial score (nSPS) is 16.7. The van der Waals surface area contributed by atoms with E-state index < -0.39 is 0 Å². The van der Waals surface area contributed by atoms with Crippen molar-refractivity contribution in [3.8, 4) is 0 Å². The molecule has 0 aliphatic carbocycles. The van der Waals surface area contributed by atoms with Gasteiger partial charge >= 0.3 is 5.69 Å². The lowest BCUT2D eigenvalue weighted by Crippen LogP contribution is -2.37. The van der Waals surface area contributed by atoms with Crippen molar-refractivity contribution < 1.29 is 0 Å². The number of nitrogens with one attached hydrogen (secondary N) is 1. The van der Waals surface area contributed by atoms with Gasteiger partial charge in [0.05, 0.1) is 11.0 Å². The lowest BCUT2D eigenvalue weighted by molar-refractivity contribution is 0.189. The average Bonchev–Trinajstić information content (AvgIpc) is 3.05. The summed E-state index contributed by atoms with van der Waals surface area (Å²) in [6, 6.07) is 16.3. The molecular formula is C23H26ClN3O. The van der Waals surface area contributed by atoms with E-state index in [1.54, 1.807) is 0 Å². The van der Waals surface area contributed by atoms with Crippen LogP contribution >= 0.6 is 11.6 Å². The third-order valence-electron chi connectivity index (χ3n) is 5.74. The van der Waals surface area contributed by atoms with Crippen LogP contribution in [0.2, 0.25) is 5.02 Å². The largest absolute Gasteiger partial charge is 0.326 e. The zero-order chi connectivity index (χ0) is 19.5. The smallest absolute Gasteiger partial charge is 0.306 e. The Bertz CT molecular complexity index is 1020. The molecule has 0 amide bonds. The maximum atomic E-state index is 12.4. The van der Waals surface area contributed by atoms with Crippen LogP contribution in [0, 0.1) is 0 Å². The molecule has 2 aromatic carbocycles. The first-order valence-corrected chi connectivity index (χ1v) is 10.3. The van der Waals surface area contributed by atoms with Crippen molar-refractivity contribution in [2.75, 3.05) is 19.6 Å². The summed E-state index contributed by atoms with van der Waals surface area (Å²) in [5, 5.41) is 0.772. The molecule has 28 heavy (non-hydrogen) atoms. The maximum absolute atomic E-state index is 12.4. The fourth-order valence-electron chi connectivity index (χ4n) is 4.13. The number of aromatic nitrogens is 2. The SMILES string of the molecule is C/C(=C/CCN1CCC(n2c(=O)[nH]c3ccccc32)CC1)c1ccc(Cl)cc1. The number of aromatic amines is 1. The number of piperidine rings is 1. The van der Waals surface area contributed by atoms with E-state index in [-0.39, 0.29) is 11.7 Å². The Balaban J connectivity index is 1.33. The van der Waals surface area contributed by atoms with Gasteiger partial charge in [0.15, 0.2) is 0 Å². The van der Waals surface area contributed by atoms with Crippen LogP contribution in [0.4, 0.5) is 0 Å². The Labute approximate surface area is 170 Å². The summed E-state index contributed by atoms with van der Waals surface area (Å²) in [7, 11) is 0. The van der Waals surface area contributed by atoms with Crippen LogP contribution < -0.4 is 5.69 Å². The van der Waals surface area contributed by atoms with Crippen molar-refractivity contribution in [2.45, 2.75) is 32.2 Å². The molecule has 1 aromatic heterocycles. The average molecular weight is 396 g/mol. The van der Waals surface area contributed by atoms with Gasteiger partial charge in [-0.3, -0.25) is 4.57 Å². The number of rotatable bonds is 5. The molecule has 0 unspecified atom stereocenters. The van der Waals surface area contributed by atoms with Gasteiger partial charge < -0.3 is 9.88 Å². The number of imidazole rings is 1. The Hall–Kier alpha value is -2.30. The summed E-state index contributed by atoms with van der Waals surface area (Å²) in [5.74, 6) is 0. The van der Waals surface area contributed by atoms with Crippen molar-refractivity contribution in [1.29, 1.82) is 0 Å². The number of hydrogen-bond donors (Lipinski definition) is 1. The summed E-state index contributed by atoms with van der Waals surface area (Å²) < 4.78 is 1.96. The van der Waals surface area contributed by atoms with Crippen molar-refractivity contribution >= 4 is 28.2 Å². The molecule has 1 saturated heterocycles. The fraction of sp³-hybridized carbons (Fsp3) is 0.348. The van der Waals surface area contributed by atoms with Crippen LogP contribution in [-0.2, 0) is 0 Å². The zero-order valence-electron chi connectivity index (χ0n) is 16.2. The summed E-state index contributed by atoms with van der Waals surface area (Å²) in [5.41, 5.74) is 4.48. The van der Waals surface area contributed by atoms with Crippen molar-refractivity contribution in [3.05, 3.63) is 75.7 Å². The number of likely N-dealkylation sites (tertiary alicyclic amines) is 1. The van der Waals surface area contributed by atoms with Gasteiger partial charge in [-0.05, 0) is 61.6 Å². The summed E-state index contributed by atoms with van der Waals surface area (Å²) in [6.45, 7) is 5.27. The zero-order valence-corrected chi connectivity index (χ0v) is 17.0. The second kappa shape index (κ2) is 8.38. The Morgan fingerprint density at radius 1 is 1.14 bits per heavy atom. The van der Waals surface area contributed by atoms with E-state index in [0.717, 1.165) is 55.0 Å². The van der Waals surface area contributed by atoms with Crippen molar-refractivity contribution in [2.24, 2.45) is 0 Å². The summed E-state index contributed by atoms with van der Waals surface area (Å²) >= 11 is 5.96. The second-order valence-corrected chi connectivity index (χ2v) is 8.01. The molecule has 1 aliphatic rings. The van der Waals surface area contributed by atoms with Crippen LogP contribution in [-0.4, -0.2) is 34.1 Å². The van der Waals surface area contributed by atoms with E-state index in [1.807, 2.05) is 41.0 Å². The van der Waals surface area contributed by atoms with Gasteiger partial charge in [0.25, 0.3) is 0 Å². The summed E-state index contributed by atoms with van der Waals surface area (Å²) in [4.78, 5) is 17.9. The van der Waals surface area contributed by atoms with Gasteiger partial charge in [-0.1, -0.05) is 41.9 Å². The third kappa shape index (κ3) is 4.08. The molecule has 1 aliphatic heterocycles. The van der Waals surface area contributed by atoms with Crippen molar-refractivity contribution in [3.63, 3.8) is 0 Å². The Morgan fingerprint density at radius 3 is 2.61 bits per heavy atom. The molecule has 0 radical (unpaired) electrons. The number of fused-ring (bicyclic) bond motifs is 1. The fourth-order valence-corrected chi connectivity index (χ4v) is 4.26. The highest BCUT2D eigenvalue weighted by atomic mass is 35.5. The lowest BCUT2D eigenvalue weighted by Gasteiger charge is -2.32. The van der Waals surface area contributed by atoms with Gasteiger partial charge in [-0.2, -0.15) is 0 Å². The predicted octanol–water partition coefficient (Wildman–Crippen LogP) is 5.11. The molecule has 1 N–H and O–H groups in total. The quantitative estimate of drug-likeness (QED) is 0.651. The first-order chi connectivity index (χ1) is 13.6. The topological polar surface area (TPSA) is 41.0 Å². The van der Waals surface area contributed by atoms with E-state index in [0.29, 0.717) is 0 Å². The van der Waals surface area contributed by atoms with E-state index in [2.05, 4.69) is 35.0 Å². The van der Waals surface area contributed by atoms with Crippen LogP contribution in [0.5, 0.6) is 0 Å². The first-order valence-electron chi connectivity index (χ1n) is 9.96. The molecule has 3 aromatic rings. The van der Waals surface area contributed by atoms with Gasteiger partial charge in [0, 0.05) is 30.7 Å². The number of benzene rings is 2.